The van der Waals surface area contributed by atoms with E-state index in [1.807, 2.05) is 61.5 Å². The Balaban J connectivity index is 1.29. The van der Waals surface area contributed by atoms with Crippen LogP contribution in [0, 0.1) is 0 Å². The van der Waals surface area contributed by atoms with Crippen LogP contribution >= 0.6 is 11.8 Å². The molecule has 5 aromatic rings. The molecule has 0 bridgehead atoms. The third kappa shape index (κ3) is 4.40. The van der Waals surface area contributed by atoms with Gasteiger partial charge in [0.1, 0.15) is 22.6 Å². The van der Waals surface area contributed by atoms with E-state index in [1.54, 1.807) is 24.3 Å². The van der Waals surface area contributed by atoms with Crippen LogP contribution in [0.3, 0.4) is 0 Å². The van der Waals surface area contributed by atoms with Gasteiger partial charge < -0.3 is 14.5 Å². The van der Waals surface area contributed by atoms with E-state index in [9.17, 15) is 9.59 Å². The Kier molecular flexibility index (Phi) is 6.05. The summed E-state index contributed by atoms with van der Waals surface area (Å²) in [7, 11) is 0. The Morgan fingerprint density at radius 3 is 2.47 bits per heavy atom. The molecule has 0 radical (unpaired) electrons. The number of thioether (sulfide) groups is 1. The number of aromatic nitrogens is 2. The van der Waals surface area contributed by atoms with Gasteiger partial charge in [0.05, 0.1) is 5.75 Å². The Morgan fingerprint density at radius 1 is 1.00 bits per heavy atom. The van der Waals surface area contributed by atoms with Crippen molar-refractivity contribution in [3.8, 4) is 11.5 Å². The van der Waals surface area contributed by atoms with Crippen molar-refractivity contribution >= 4 is 45.4 Å². The number of benzene rings is 3. The van der Waals surface area contributed by atoms with Gasteiger partial charge in [-0.1, -0.05) is 42.1 Å². The summed E-state index contributed by atoms with van der Waals surface area (Å²) in [6.45, 7) is 2.28. The maximum Gasteiger partial charge on any atom is 0.297 e. The standard InChI is InChI=1S/C26H21N3O4S/c1-2-29-25(31)24-23(20-10-6-7-11-21(20)33-24)28-26(29)34-16-22(30)27-17-12-14-19(15-13-17)32-18-8-4-3-5-9-18/h3-15H,2,16H2,1H3,(H,27,30). The number of rotatable bonds is 7. The predicted molar refractivity (Wildman–Crippen MR) is 134 cm³/mol. The van der Waals surface area contributed by atoms with Crippen LogP contribution in [-0.2, 0) is 11.3 Å². The third-order valence-corrected chi connectivity index (χ3v) is 6.19. The largest absolute Gasteiger partial charge is 0.457 e. The van der Waals surface area contributed by atoms with Crippen molar-refractivity contribution in [3.05, 3.63) is 89.2 Å². The zero-order chi connectivity index (χ0) is 23.5. The fourth-order valence-electron chi connectivity index (χ4n) is 3.60. The topological polar surface area (TPSA) is 86.4 Å². The highest BCUT2D eigenvalue weighted by Crippen LogP contribution is 2.27. The lowest BCUT2D eigenvalue weighted by Gasteiger charge is -2.10. The molecule has 1 N–H and O–H groups in total. The van der Waals surface area contributed by atoms with Crippen molar-refractivity contribution in [3.63, 3.8) is 0 Å². The number of amides is 1. The van der Waals surface area contributed by atoms with E-state index in [0.717, 1.165) is 11.1 Å². The molecular weight excluding hydrogens is 450 g/mol. The lowest BCUT2D eigenvalue weighted by Crippen LogP contribution is -2.23. The monoisotopic (exact) mass is 471 g/mol. The third-order valence-electron chi connectivity index (χ3n) is 5.21. The number of anilines is 1. The Hall–Kier alpha value is -4.04. The van der Waals surface area contributed by atoms with Crippen molar-refractivity contribution in [1.29, 1.82) is 0 Å². The molecular formula is C26H21N3O4S. The van der Waals surface area contributed by atoms with Crippen molar-refractivity contribution in [2.45, 2.75) is 18.6 Å². The quantitative estimate of drug-likeness (QED) is 0.243. The summed E-state index contributed by atoms with van der Waals surface area (Å²) in [6.07, 6.45) is 0. The lowest BCUT2D eigenvalue weighted by atomic mass is 10.2. The highest BCUT2D eigenvalue weighted by atomic mass is 32.2. The SMILES string of the molecule is CCn1c(SCC(=O)Nc2ccc(Oc3ccccc3)cc2)nc2c(oc3ccccc32)c1=O. The molecule has 7 nitrogen and oxygen atoms in total. The normalized spacial score (nSPS) is 11.1. The number of ether oxygens (including phenoxy) is 1. The molecule has 3 aromatic carbocycles. The van der Waals surface area contributed by atoms with Crippen LogP contribution in [0.15, 0.2) is 93.2 Å². The van der Waals surface area contributed by atoms with E-state index in [1.165, 1.54) is 16.3 Å². The first-order valence-electron chi connectivity index (χ1n) is 10.8. The second-order valence-electron chi connectivity index (χ2n) is 7.50. The molecule has 5 rings (SSSR count). The molecule has 0 saturated heterocycles. The summed E-state index contributed by atoms with van der Waals surface area (Å²) >= 11 is 1.22. The number of furan rings is 1. The van der Waals surface area contributed by atoms with Gasteiger partial charge in [-0.25, -0.2) is 4.98 Å². The van der Waals surface area contributed by atoms with Crippen LogP contribution < -0.4 is 15.6 Å². The summed E-state index contributed by atoms with van der Waals surface area (Å²) in [5.41, 5.74) is 1.77. The van der Waals surface area contributed by atoms with Gasteiger partial charge in [-0.05, 0) is 55.5 Å². The van der Waals surface area contributed by atoms with Gasteiger partial charge in [-0.2, -0.15) is 0 Å². The van der Waals surface area contributed by atoms with Crippen molar-refractivity contribution in [2.24, 2.45) is 0 Å². The van der Waals surface area contributed by atoms with Crippen molar-refractivity contribution in [1.82, 2.24) is 9.55 Å². The number of hydrogen-bond donors (Lipinski definition) is 1. The van der Waals surface area contributed by atoms with E-state index in [4.69, 9.17) is 9.15 Å². The summed E-state index contributed by atoms with van der Waals surface area (Å²) in [5.74, 6) is 1.33. The van der Waals surface area contributed by atoms with Crippen LogP contribution in [0.25, 0.3) is 22.1 Å². The number of fused-ring (bicyclic) bond motifs is 3. The molecule has 34 heavy (non-hydrogen) atoms. The van der Waals surface area contributed by atoms with Gasteiger partial charge in [-0.3, -0.25) is 14.2 Å². The number of carbonyl (C=O) groups excluding carboxylic acids is 1. The molecule has 0 atom stereocenters. The maximum absolute atomic E-state index is 13.0. The van der Waals surface area contributed by atoms with Gasteiger partial charge in [0, 0.05) is 17.6 Å². The van der Waals surface area contributed by atoms with Gasteiger partial charge in [-0.15, -0.1) is 0 Å². The van der Waals surface area contributed by atoms with Crippen molar-refractivity contribution < 1.29 is 13.9 Å². The van der Waals surface area contributed by atoms with Crippen LogP contribution in [0.2, 0.25) is 0 Å². The van der Waals surface area contributed by atoms with Crippen LogP contribution in [0.4, 0.5) is 5.69 Å². The minimum atomic E-state index is -0.249. The number of nitrogens with zero attached hydrogens (tertiary/aromatic N) is 2. The molecule has 0 aliphatic heterocycles. The number of nitrogens with one attached hydrogen (secondary N) is 1. The van der Waals surface area contributed by atoms with Gasteiger partial charge in [0.15, 0.2) is 5.16 Å². The molecule has 170 valence electrons. The van der Waals surface area contributed by atoms with Crippen LogP contribution in [0.5, 0.6) is 11.5 Å². The number of para-hydroxylation sites is 2. The average Bonchev–Trinajstić information content (AvgIpc) is 3.24. The fourth-order valence-corrected chi connectivity index (χ4v) is 4.46. The number of carbonyl (C=O) groups is 1. The predicted octanol–water partition coefficient (Wildman–Crippen LogP) is 5.69. The Morgan fingerprint density at radius 2 is 1.71 bits per heavy atom. The second-order valence-corrected chi connectivity index (χ2v) is 8.44. The summed E-state index contributed by atoms with van der Waals surface area (Å²) in [6, 6.07) is 24.0. The van der Waals surface area contributed by atoms with E-state index in [-0.39, 0.29) is 22.8 Å². The molecule has 0 fully saturated rings. The second kappa shape index (κ2) is 9.44. The van der Waals surface area contributed by atoms with Crippen LogP contribution in [-0.4, -0.2) is 21.2 Å². The van der Waals surface area contributed by atoms with E-state index >= 15 is 0 Å². The molecule has 2 heterocycles. The minimum Gasteiger partial charge on any atom is -0.457 e. The highest BCUT2D eigenvalue weighted by Gasteiger charge is 2.17. The van der Waals surface area contributed by atoms with E-state index < -0.39 is 0 Å². The molecule has 0 aliphatic carbocycles. The molecule has 0 spiro atoms. The Labute approximate surface area is 199 Å². The zero-order valence-corrected chi connectivity index (χ0v) is 19.2. The maximum atomic E-state index is 13.0. The van der Waals surface area contributed by atoms with Gasteiger partial charge >= 0.3 is 0 Å². The first-order valence-corrected chi connectivity index (χ1v) is 11.8. The average molecular weight is 472 g/mol. The number of hydrogen-bond acceptors (Lipinski definition) is 6. The van der Waals surface area contributed by atoms with Crippen LogP contribution in [0.1, 0.15) is 6.92 Å². The molecule has 0 unspecified atom stereocenters. The van der Waals surface area contributed by atoms with Gasteiger partial charge in [0.2, 0.25) is 11.5 Å². The highest BCUT2D eigenvalue weighted by molar-refractivity contribution is 7.99. The van der Waals surface area contributed by atoms with Gasteiger partial charge in [0.25, 0.3) is 5.56 Å². The minimum absolute atomic E-state index is 0.107. The lowest BCUT2D eigenvalue weighted by molar-refractivity contribution is -0.113. The molecule has 2 aromatic heterocycles. The first kappa shape index (κ1) is 21.8. The summed E-state index contributed by atoms with van der Waals surface area (Å²) < 4.78 is 13.0. The smallest absolute Gasteiger partial charge is 0.297 e. The van der Waals surface area contributed by atoms with Crippen molar-refractivity contribution in [2.75, 3.05) is 11.1 Å². The molecule has 0 aliphatic rings. The van der Waals surface area contributed by atoms with E-state index in [2.05, 4.69) is 10.3 Å². The molecule has 8 heteroatoms. The first-order chi connectivity index (χ1) is 16.6. The zero-order valence-electron chi connectivity index (χ0n) is 18.4. The summed E-state index contributed by atoms with van der Waals surface area (Å²) in [4.78, 5) is 30.2. The van der Waals surface area contributed by atoms with E-state index in [0.29, 0.717) is 34.2 Å². The molecule has 0 saturated carbocycles. The molecule has 1 amide bonds. The summed E-state index contributed by atoms with van der Waals surface area (Å²) in [5, 5.41) is 4.13. The fraction of sp³-hybridized carbons (Fsp3) is 0.115. The Bertz CT molecular complexity index is 1530.